The Hall–Kier alpha value is -2.39. The van der Waals surface area contributed by atoms with Crippen LogP contribution in [0.4, 0.5) is 0 Å². The van der Waals surface area contributed by atoms with Crippen LogP contribution in [0.25, 0.3) is 0 Å². The Labute approximate surface area is 151 Å². The van der Waals surface area contributed by atoms with Gasteiger partial charge in [0, 0.05) is 37.9 Å². The molecule has 140 valence electrons. The molecule has 8 nitrogen and oxygen atoms in total. The molecule has 26 heavy (non-hydrogen) atoms. The van der Waals surface area contributed by atoms with Crippen LogP contribution in [-0.2, 0) is 19.6 Å². The maximum atomic E-state index is 12.6. The van der Waals surface area contributed by atoms with Gasteiger partial charge in [-0.15, -0.1) is 0 Å². The van der Waals surface area contributed by atoms with Crippen molar-refractivity contribution in [3.8, 4) is 0 Å². The highest BCUT2D eigenvalue weighted by Gasteiger charge is 2.44. The fourth-order valence-corrected chi connectivity index (χ4v) is 4.01. The highest BCUT2D eigenvalue weighted by Crippen LogP contribution is 2.41. The number of hydrogen-bond donors (Lipinski definition) is 2. The van der Waals surface area contributed by atoms with Gasteiger partial charge in [0.25, 0.3) is 5.91 Å². The average molecular weight is 379 g/mol. The first-order valence-electron chi connectivity index (χ1n) is 8.22. The summed E-state index contributed by atoms with van der Waals surface area (Å²) in [7, 11) is -3.79. The second kappa shape index (κ2) is 6.40. The molecule has 0 aliphatic carbocycles. The number of carbonyl (C=O) groups is 2. The zero-order valence-electron chi connectivity index (χ0n) is 14.4. The summed E-state index contributed by atoms with van der Waals surface area (Å²) in [5.74, 6) is -0.0812. The summed E-state index contributed by atoms with van der Waals surface area (Å²) in [6.45, 7) is 2.70. The number of hydrogen-bond acceptors (Lipinski definition) is 5. The quantitative estimate of drug-likeness (QED) is 0.788. The van der Waals surface area contributed by atoms with Crippen LogP contribution in [0.3, 0.4) is 0 Å². The van der Waals surface area contributed by atoms with Crippen LogP contribution in [-0.4, -0.2) is 43.8 Å². The van der Waals surface area contributed by atoms with Gasteiger partial charge in [0.05, 0.1) is 10.5 Å². The molecule has 1 saturated heterocycles. The Morgan fingerprint density at radius 2 is 1.73 bits per heavy atom. The minimum absolute atomic E-state index is 0.0356. The van der Waals surface area contributed by atoms with E-state index < -0.39 is 21.5 Å². The smallest absolute Gasteiger partial charge is 0.253 e. The van der Waals surface area contributed by atoms with Crippen molar-refractivity contribution in [2.75, 3.05) is 13.1 Å². The number of ether oxygens (including phenoxy) is 1. The number of likely N-dealkylation sites (tertiary alicyclic amines) is 1. The Morgan fingerprint density at radius 3 is 2.19 bits per heavy atom. The van der Waals surface area contributed by atoms with Crippen LogP contribution in [0.2, 0.25) is 0 Å². The van der Waals surface area contributed by atoms with Crippen LogP contribution in [0.1, 0.15) is 36.5 Å². The monoisotopic (exact) mass is 379 g/mol. The van der Waals surface area contributed by atoms with E-state index in [0.29, 0.717) is 49.2 Å². The van der Waals surface area contributed by atoms with Crippen LogP contribution in [0.5, 0.6) is 0 Å². The fourth-order valence-electron chi connectivity index (χ4n) is 3.50. The van der Waals surface area contributed by atoms with Crippen LogP contribution >= 0.6 is 0 Å². The molecule has 2 amide bonds. The molecule has 0 aromatic heterocycles. The van der Waals surface area contributed by atoms with Gasteiger partial charge in [0.2, 0.25) is 15.9 Å². The Kier molecular flexibility index (Phi) is 4.53. The van der Waals surface area contributed by atoms with Crippen LogP contribution < -0.4 is 10.9 Å². The van der Waals surface area contributed by atoms with E-state index in [4.69, 9.17) is 15.6 Å². The normalized spacial score (nSPS) is 19.5. The number of sulfonamides is 1. The van der Waals surface area contributed by atoms with Gasteiger partial charge in [0.1, 0.15) is 11.4 Å². The summed E-state index contributed by atoms with van der Waals surface area (Å²) in [5.41, 5.74) is 5.82. The molecule has 0 atom stereocenters. The predicted octanol–water partition coefficient (Wildman–Crippen LogP) is 0.488. The van der Waals surface area contributed by atoms with E-state index in [1.807, 2.05) is 0 Å². The van der Waals surface area contributed by atoms with Crippen molar-refractivity contribution in [1.82, 2.24) is 4.90 Å². The van der Waals surface area contributed by atoms with Crippen molar-refractivity contribution in [2.45, 2.75) is 36.7 Å². The SMILES string of the molecule is CC1=C(C(N)=O)CC2(CCN(C(=O)c3ccc(S(N)(=O)=O)cc3)CC2)O1. The number of rotatable bonds is 3. The van der Waals surface area contributed by atoms with Crippen molar-refractivity contribution in [2.24, 2.45) is 10.9 Å². The van der Waals surface area contributed by atoms with Gasteiger partial charge in [-0.3, -0.25) is 9.59 Å². The molecule has 1 aromatic carbocycles. The number of primary amides is 1. The number of primary sulfonamides is 1. The second-order valence-electron chi connectivity index (χ2n) is 6.72. The number of nitrogens with two attached hydrogens (primary N) is 2. The zero-order chi connectivity index (χ0) is 19.1. The second-order valence-corrected chi connectivity index (χ2v) is 8.28. The van der Waals surface area contributed by atoms with Crippen molar-refractivity contribution < 1.29 is 22.7 Å². The molecular formula is C17H21N3O5S. The van der Waals surface area contributed by atoms with Crippen molar-refractivity contribution in [1.29, 1.82) is 0 Å². The van der Waals surface area contributed by atoms with Crippen molar-refractivity contribution >= 4 is 21.8 Å². The van der Waals surface area contributed by atoms with Crippen LogP contribution in [0.15, 0.2) is 40.5 Å². The summed E-state index contributed by atoms with van der Waals surface area (Å²) in [5, 5.41) is 5.06. The maximum Gasteiger partial charge on any atom is 0.253 e. The largest absolute Gasteiger partial charge is 0.491 e. The zero-order valence-corrected chi connectivity index (χ0v) is 15.2. The lowest BCUT2D eigenvalue weighted by Gasteiger charge is -2.39. The molecule has 0 saturated carbocycles. The number of amides is 2. The molecular weight excluding hydrogens is 358 g/mol. The van der Waals surface area contributed by atoms with Gasteiger partial charge in [0.15, 0.2) is 0 Å². The molecule has 1 aromatic rings. The molecule has 2 aliphatic rings. The number of piperidine rings is 1. The number of nitrogens with zero attached hydrogens (tertiary/aromatic N) is 1. The van der Waals surface area contributed by atoms with E-state index in [2.05, 4.69) is 0 Å². The summed E-state index contributed by atoms with van der Waals surface area (Å²) in [6, 6.07) is 5.55. The lowest BCUT2D eigenvalue weighted by molar-refractivity contribution is -0.114. The van der Waals surface area contributed by atoms with Crippen molar-refractivity contribution in [3.63, 3.8) is 0 Å². The Bertz CT molecular complexity index is 881. The first-order valence-corrected chi connectivity index (χ1v) is 9.77. The van der Waals surface area contributed by atoms with Gasteiger partial charge in [-0.1, -0.05) is 0 Å². The first kappa shape index (κ1) is 18.4. The van der Waals surface area contributed by atoms with E-state index in [0.717, 1.165) is 0 Å². The van der Waals surface area contributed by atoms with Crippen molar-refractivity contribution in [3.05, 3.63) is 41.2 Å². The maximum absolute atomic E-state index is 12.6. The molecule has 0 radical (unpaired) electrons. The molecule has 4 N–H and O–H groups in total. The van der Waals surface area contributed by atoms with E-state index >= 15 is 0 Å². The Balaban J connectivity index is 1.65. The number of carbonyl (C=O) groups excluding carboxylic acids is 2. The molecule has 2 aliphatic heterocycles. The highest BCUT2D eigenvalue weighted by atomic mass is 32.2. The number of allylic oxidation sites excluding steroid dienone is 1. The van der Waals surface area contributed by atoms with Gasteiger partial charge in [-0.25, -0.2) is 13.6 Å². The Morgan fingerprint density at radius 1 is 1.15 bits per heavy atom. The minimum atomic E-state index is -3.79. The molecule has 1 fully saturated rings. The molecule has 2 heterocycles. The predicted molar refractivity (Wildman–Crippen MR) is 93.3 cm³/mol. The fraction of sp³-hybridized carbons (Fsp3) is 0.412. The lowest BCUT2D eigenvalue weighted by atomic mass is 9.86. The average Bonchev–Trinajstić information content (AvgIpc) is 2.91. The highest BCUT2D eigenvalue weighted by molar-refractivity contribution is 7.89. The summed E-state index contributed by atoms with van der Waals surface area (Å²) in [4.78, 5) is 25.7. The third kappa shape index (κ3) is 3.45. The number of benzene rings is 1. The molecule has 9 heteroatoms. The van der Waals surface area contributed by atoms with Gasteiger partial charge >= 0.3 is 0 Å². The third-order valence-electron chi connectivity index (χ3n) is 4.98. The minimum Gasteiger partial charge on any atom is -0.491 e. The van der Waals surface area contributed by atoms with Gasteiger partial charge in [-0.2, -0.15) is 0 Å². The summed E-state index contributed by atoms with van der Waals surface area (Å²) >= 11 is 0. The van der Waals surface area contributed by atoms with E-state index in [-0.39, 0.29) is 10.8 Å². The van der Waals surface area contributed by atoms with Crippen LogP contribution in [0, 0.1) is 0 Å². The molecule has 3 rings (SSSR count). The summed E-state index contributed by atoms with van der Waals surface area (Å²) in [6.07, 6.45) is 1.67. The van der Waals surface area contributed by atoms with E-state index in [1.54, 1.807) is 11.8 Å². The van der Waals surface area contributed by atoms with Gasteiger partial charge < -0.3 is 15.4 Å². The van der Waals surface area contributed by atoms with E-state index in [9.17, 15) is 18.0 Å². The standard InChI is InChI=1S/C17H21N3O5S/c1-11-14(15(18)21)10-17(25-11)6-8-20(9-7-17)16(22)12-2-4-13(5-3-12)26(19,23)24/h2-5H,6-10H2,1H3,(H2,18,21)(H2,19,23,24). The van der Waals surface area contributed by atoms with E-state index in [1.165, 1.54) is 24.3 Å². The third-order valence-corrected chi connectivity index (χ3v) is 5.91. The topological polar surface area (TPSA) is 133 Å². The van der Waals surface area contributed by atoms with Gasteiger partial charge in [-0.05, 0) is 31.2 Å². The summed E-state index contributed by atoms with van der Waals surface area (Å²) < 4.78 is 28.5. The molecule has 0 unspecified atom stereocenters. The molecule has 0 bridgehead atoms. The lowest BCUT2D eigenvalue weighted by Crippen LogP contribution is -2.46. The first-order chi connectivity index (χ1) is 12.1. The molecule has 1 spiro atoms.